The zero-order valence-corrected chi connectivity index (χ0v) is 17.4. The Labute approximate surface area is 182 Å². The number of carbonyl (C=O) groups excluding carboxylic acids is 1. The Morgan fingerprint density at radius 3 is 2.63 bits per heavy atom. The van der Waals surface area contributed by atoms with E-state index in [1.54, 1.807) is 6.07 Å². The molecule has 0 saturated heterocycles. The third-order valence-corrected chi connectivity index (χ3v) is 5.05. The number of rotatable bonds is 8. The molecular weight excluding hydrogens is 435 g/mol. The number of hydrogen-bond acceptors (Lipinski definition) is 8. The minimum atomic E-state index is -0.594. The lowest BCUT2D eigenvalue weighted by molar-refractivity contribution is -0.383. The van der Waals surface area contributed by atoms with Crippen molar-refractivity contribution in [3.8, 4) is 5.75 Å². The number of hydrogen-bond donors (Lipinski definition) is 3. The number of ether oxygens (including phenoxy) is 1. The van der Waals surface area contributed by atoms with Gasteiger partial charge in [-0.3, -0.25) is 25.8 Å². The van der Waals surface area contributed by atoms with Crippen LogP contribution in [0, 0.1) is 10.1 Å². The van der Waals surface area contributed by atoms with E-state index in [0.717, 1.165) is 32.1 Å². The predicted octanol–water partition coefficient (Wildman–Crippen LogP) is 3.96. The van der Waals surface area contributed by atoms with Crippen LogP contribution in [0.3, 0.4) is 0 Å². The summed E-state index contributed by atoms with van der Waals surface area (Å²) in [7, 11) is 0. The average molecular weight is 455 g/mol. The van der Waals surface area contributed by atoms with Gasteiger partial charge in [0.1, 0.15) is 12.1 Å². The fourth-order valence-corrected chi connectivity index (χ4v) is 3.55. The van der Waals surface area contributed by atoms with E-state index in [1.807, 2.05) is 0 Å². The number of halogens is 2. The molecular formula is C18H20Cl2N6O4. The van der Waals surface area contributed by atoms with Crippen LogP contribution in [-0.4, -0.2) is 33.4 Å². The summed E-state index contributed by atoms with van der Waals surface area (Å²) in [6, 6.07) is 4.71. The van der Waals surface area contributed by atoms with Gasteiger partial charge in [0.2, 0.25) is 11.6 Å². The number of amides is 1. The van der Waals surface area contributed by atoms with E-state index >= 15 is 0 Å². The molecule has 0 spiro atoms. The average Bonchev–Trinajstić information content (AvgIpc) is 2.72. The van der Waals surface area contributed by atoms with E-state index in [-0.39, 0.29) is 40.7 Å². The number of anilines is 2. The summed E-state index contributed by atoms with van der Waals surface area (Å²) in [5.74, 6) is -0.326. The third-order valence-electron chi connectivity index (χ3n) is 4.52. The molecule has 1 aromatic carbocycles. The van der Waals surface area contributed by atoms with Crippen LogP contribution < -0.4 is 20.9 Å². The molecule has 160 valence electrons. The van der Waals surface area contributed by atoms with Crippen LogP contribution in [0.15, 0.2) is 24.5 Å². The Bertz CT molecular complexity index is 924. The van der Waals surface area contributed by atoms with E-state index in [9.17, 15) is 14.9 Å². The van der Waals surface area contributed by atoms with Crippen LogP contribution >= 0.6 is 23.2 Å². The van der Waals surface area contributed by atoms with Gasteiger partial charge >= 0.3 is 5.69 Å². The first-order valence-corrected chi connectivity index (χ1v) is 10.1. The van der Waals surface area contributed by atoms with Crippen molar-refractivity contribution in [2.45, 2.75) is 38.1 Å². The van der Waals surface area contributed by atoms with Gasteiger partial charge in [0.15, 0.2) is 6.61 Å². The molecule has 1 heterocycles. The molecule has 1 saturated carbocycles. The fraction of sp³-hybridized carbons (Fsp3) is 0.389. The Morgan fingerprint density at radius 2 is 1.93 bits per heavy atom. The van der Waals surface area contributed by atoms with E-state index in [1.165, 1.54) is 18.5 Å². The summed E-state index contributed by atoms with van der Waals surface area (Å²) in [5, 5.41) is 15.4. The lowest BCUT2D eigenvalue weighted by Crippen LogP contribution is -2.34. The third kappa shape index (κ3) is 5.83. The molecule has 0 bridgehead atoms. The van der Waals surface area contributed by atoms with Crippen LogP contribution in [0.4, 0.5) is 17.3 Å². The highest BCUT2D eigenvalue weighted by Gasteiger charge is 2.26. The molecule has 0 atom stereocenters. The summed E-state index contributed by atoms with van der Waals surface area (Å²) < 4.78 is 5.32. The first-order valence-electron chi connectivity index (χ1n) is 9.32. The molecule has 0 radical (unpaired) electrons. The normalized spacial score (nSPS) is 14.1. The first kappa shape index (κ1) is 21.8. The maximum atomic E-state index is 12.1. The number of nitrogens with one attached hydrogen (secondary N) is 3. The second-order valence-corrected chi connectivity index (χ2v) is 7.54. The van der Waals surface area contributed by atoms with Crippen molar-refractivity contribution in [1.29, 1.82) is 0 Å². The Balaban J connectivity index is 1.61. The van der Waals surface area contributed by atoms with Crippen LogP contribution in [0.5, 0.6) is 5.75 Å². The van der Waals surface area contributed by atoms with Gasteiger partial charge in [-0.1, -0.05) is 42.5 Å². The SMILES string of the molecule is O=C(COc1ccc(Cl)cc1Cl)NNc1ncnc(NC2CCCCC2)c1[N+](=O)[O-]. The van der Waals surface area contributed by atoms with Gasteiger partial charge in [0, 0.05) is 11.1 Å². The molecule has 3 rings (SSSR count). The van der Waals surface area contributed by atoms with Gasteiger partial charge in [0.05, 0.1) is 9.95 Å². The van der Waals surface area contributed by atoms with Crippen molar-refractivity contribution in [1.82, 2.24) is 15.4 Å². The number of nitrogens with zero attached hydrogens (tertiary/aromatic N) is 3. The van der Waals surface area contributed by atoms with Gasteiger partial charge in [-0.25, -0.2) is 9.97 Å². The molecule has 3 N–H and O–H groups in total. The van der Waals surface area contributed by atoms with Gasteiger partial charge in [0.25, 0.3) is 5.91 Å². The van der Waals surface area contributed by atoms with Crippen molar-refractivity contribution in [3.63, 3.8) is 0 Å². The molecule has 0 unspecified atom stereocenters. The van der Waals surface area contributed by atoms with Crippen LogP contribution in [0.2, 0.25) is 10.0 Å². The van der Waals surface area contributed by atoms with E-state index in [2.05, 4.69) is 26.1 Å². The number of benzene rings is 1. The number of carbonyl (C=O) groups is 1. The van der Waals surface area contributed by atoms with Crippen LogP contribution in [-0.2, 0) is 4.79 Å². The standard InChI is InChI=1S/C18H20Cl2N6O4/c19-11-6-7-14(13(20)8-11)30-9-15(27)24-25-18-16(26(28)29)17(21-10-22-18)23-12-4-2-1-3-5-12/h6-8,10,12H,1-5,9H2,(H,24,27)(H2,21,22,23,25). The minimum absolute atomic E-state index is 0.114. The fourth-order valence-electron chi connectivity index (χ4n) is 3.09. The largest absolute Gasteiger partial charge is 0.482 e. The molecule has 1 aliphatic carbocycles. The van der Waals surface area contributed by atoms with Gasteiger partial charge in [-0.15, -0.1) is 0 Å². The zero-order chi connectivity index (χ0) is 21.5. The summed E-state index contributed by atoms with van der Waals surface area (Å²) in [6.45, 7) is -0.375. The van der Waals surface area contributed by atoms with Gasteiger partial charge in [-0.2, -0.15) is 0 Å². The minimum Gasteiger partial charge on any atom is -0.482 e. The maximum Gasteiger partial charge on any atom is 0.354 e. The second-order valence-electron chi connectivity index (χ2n) is 6.69. The Hall–Kier alpha value is -2.85. The summed E-state index contributed by atoms with van der Waals surface area (Å²) in [4.78, 5) is 30.9. The van der Waals surface area contributed by atoms with E-state index < -0.39 is 10.8 Å². The predicted molar refractivity (Wildman–Crippen MR) is 113 cm³/mol. The van der Waals surface area contributed by atoms with Gasteiger partial charge in [-0.05, 0) is 31.0 Å². The van der Waals surface area contributed by atoms with Crippen molar-refractivity contribution in [2.24, 2.45) is 0 Å². The highest BCUT2D eigenvalue weighted by Crippen LogP contribution is 2.31. The second kappa shape index (κ2) is 10.3. The lowest BCUT2D eigenvalue weighted by Gasteiger charge is -2.23. The van der Waals surface area contributed by atoms with Gasteiger partial charge < -0.3 is 10.1 Å². The van der Waals surface area contributed by atoms with Crippen molar-refractivity contribution in [3.05, 3.63) is 44.7 Å². The monoisotopic (exact) mass is 454 g/mol. The Kier molecular flexibility index (Phi) is 7.47. The van der Waals surface area contributed by atoms with Crippen molar-refractivity contribution >= 4 is 46.4 Å². The smallest absolute Gasteiger partial charge is 0.354 e. The quantitative estimate of drug-likeness (QED) is 0.403. The Morgan fingerprint density at radius 1 is 1.20 bits per heavy atom. The maximum absolute atomic E-state index is 12.1. The van der Waals surface area contributed by atoms with Crippen LogP contribution in [0.25, 0.3) is 0 Å². The molecule has 12 heteroatoms. The number of aromatic nitrogens is 2. The van der Waals surface area contributed by atoms with Crippen molar-refractivity contribution < 1.29 is 14.5 Å². The molecule has 30 heavy (non-hydrogen) atoms. The molecule has 10 nitrogen and oxygen atoms in total. The molecule has 1 fully saturated rings. The van der Waals surface area contributed by atoms with E-state index in [4.69, 9.17) is 27.9 Å². The number of nitro groups is 1. The van der Waals surface area contributed by atoms with E-state index in [0.29, 0.717) is 5.02 Å². The highest BCUT2D eigenvalue weighted by atomic mass is 35.5. The topological polar surface area (TPSA) is 131 Å². The summed E-state index contributed by atoms with van der Waals surface area (Å²) in [5.41, 5.74) is 4.44. The highest BCUT2D eigenvalue weighted by molar-refractivity contribution is 6.35. The molecule has 2 aromatic rings. The zero-order valence-electron chi connectivity index (χ0n) is 15.9. The lowest BCUT2D eigenvalue weighted by atomic mass is 9.95. The first-order chi connectivity index (χ1) is 14.4. The number of hydrazine groups is 1. The molecule has 1 amide bonds. The van der Waals surface area contributed by atoms with Crippen molar-refractivity contribution in [2.75, 3.05) is 17.3 Å². The molecule has 1 aliphatic rings. The molecule has 0 aliphatic heterocycles. The summed E-state index contributed by atoms with van der Waals surface area (Å²) >= 11 is 11.8. The van der Waals surface area contributed by atoms with Crippen LogP contribution in [0.1, 0.15) is 32.1 Å². The molecule has 1 aromatic heterocycles. The summed E-state index contributed by atoms with van der Waals surface area (Å²) in [6.07, 6.45) is 6.32.